The number of hydrogen-bond acceptors (Lipinski definition) is 8. The Labute approximate surface area is 186 Å². The van der Waals surface area contributed by atoms with E-state index in [-0.39, 0.29) is 11.3 Å². The van der Waals surface area contributed by atoms with Crippen LogP contribution < -0.4 is 5.32 Å². The number of carbonyl (C=O) groups is 1. The second-order valence-corrected chi connectivity index (χ2v) is 7.82. The Kier molecular flexibility index (Phi) is 6.17. The normalized spacial score (nSPS) is 10.7. The van der Waals surface area contributed by atoms with Gasteiger partial charge in [0.15, 0.2) is 0 Å². The largest absolute Gasteiger partial charge is 0.322 e. The highest BCUT2D eigenvalue weighted by atomic mass is 32.2. The van der Waals surface area contributed by atoms with Gasteiger partial charge in [-0.05, 0) is 70.1 Å². The van der Waals surface area contributed by atoms with E-state index in [0.29, 0.717) is 15.7 Å². The molecule has 0 aliphatic carbocycles. The van der Waals surface area contributed by atoms with Gasteiger partial charge in [-0.2, -0.15) is 0 Å². The number of carbonyl (C=O) groups excluding carboxylic acids is 1. The number of nitrogens with one attached hydrogen (secondary N) is 1. The van der Waals surface area contributed by atoms with Gasteiger partial charge < -0.3 is 5.32 Å². The Morgan fingerprint density at radius 3 is 2.47 bits per heavy atom. The first-order valence-corrected chi connectivity index (χ1v) is 10.3. The smallest absolute Gasteiger partial charge is 0.270 e. The van der Waals surface area contributed by atoms with Crippen LogP contribution in [0.3, 0.4) is 0 Å². The maximum absolute atomic E-state index is 13.0. The highest BCUT2D eigenvalue weighted by Crippen LogP contribution is 2.31. The molecule has 160 valence electrons. The van der Waals surface area contributed by atoms with Gasteiger partial charge in [-0.3, -0.25) is 19.9 Å². The summed E-state index contributed by atoms with van der Waals surface area (Å²) in [7, 11) is 1.67. The number of benzene rings is 2. The molecular weight excluding hydrogens is 430 g/mol. The van der Waals surface area contributed by atoms with Gasteiger partial charge in [0.2, 0.25) is 5.16 Å². The summed E-state index contributed by atoms with van der Waals surface area (Å²) >= 11 is 1.15. The summed E-state index contributed by atoms with van der Waals surface area (Å²) in [5, 5.41) is 25.7. The molecule has 4 aromatic rings. The van der Waals surface area contributed by atoms with Crippen molar-refractivity contribution in [2.24, 2.45) is 7.05 Å². The van der Waals surface area contributed by atoms with E-state index in [4.69, 9.17) is 0 Å². The molecule has 0 spiro atoms. The summed E-state index contributed by atoms with van der Waals surface area (Å²) in [5.41, 5.74) is 2.77. The fourth-order valence-corrected chi connectivity index (χ4v) is 3.79. The van der Waals surface area contributed by atoms with Crippen molar-refractivity contribution >= 4 is 29.0 Å². The van der Waals surface area contributed by atoms with E-state index >= 15 is 0 Å². The quantitative estimate of drug-likeness (QED) is 0.337. The molecule has 1 N–H and O–H groups in total. The number of rotatable bonds is 7. The van der Waals surface area contributed by atoms with Crippen LogP contribution in [0.25, 0.3) is 0 Å². The summed E-state index contributed by atoms with van der Waals surface area (Å²) in [6.45, 7) is 0. The number of nitrogens with zero attached hydrogens (tertiary/aromatic N) is 6. The summed E-state index contributed by atoms with van der Waals surface area (Å²) in [6, 6.07) is 15.4. The van der Waals surface area contributed by atoms with E-state index < -0.39 is 10.8 Å². The maximum Gasteiger partial charge on any atom is 0.270 e. The average molecular weight is 447 g/mol. The topological polar surface area (TPSA) is 129 Å². The first kappa shape index (κ1) is 21.1. The standard InChI is InChI=1S/C21H17N7O3S/c1-27-21(24-25-26-27)32-19-7-6-17(28(30)31)13-18(19)20(29)23-16-4-2-14(3-5-16)12-15-8-10-22-11-9-15/h2-11,13H,12H2,1H3,(H,23,29). The van der Waals surface area contributed by atoms with Gasteiger partial charge in [0.05, 0.1) is 10.5 Å². The maximum atomic E-state index is 13.0. The number of anilines is 1. The first-order chi connectivity index (χ1) is 15.5. The lowest BCUT2D eigenvalue weighted by Gasteiger charge is -2.10. The second-order valence-electron chi connectivity index (χ2n) is 6.81. The highest BCUT2D eigenvalue weighted by Gasteiger charge is 2.19. The molecule has 0 unspecified atom stereocenters. The van der Waals surface area contributed by atoms with Gasteiger partial charge in [-0.25, -0.2) is 4.68 Å². The van der Waals surface area contributed by atoms with Crippen LogP contribution >= 0.6 is 11.8 Å². The van der Waals surface area contributed by atoms with E-state index in [1.165, 1.54) is 22.9 Å². The lowest BCUT2D eigenvalue weighted by atomic mass is 10.1. The van der Waals surface area contributed by atoms with Crippen molar-refractivity contribution in [1.82, 2.24) is 25.2 Å². The average Bonchev–Trinajstić information content (AvgIpc) is 3.20. The Hall–Kier alpha value is -4.12. The molecule has 0 aliphatic heterocycles. The van der Waals surface area contributed by atoms with Gasteiger partial charge in [0, 0.05) is 42.2 Å². The van der Waals surface area contributed by atoms with Crippen molar-refractivity contribution in [3.05, 3.63) is 93.8 Å². The number of nitro groups is 1. The number of nitro benzene ring substituents is 1. The summed E-state index contributed by atoms with van der Waals surface area (Å²) in [4.78, 5) is 28.2. The third-order valence-electron chi connectivity index (χ3n) is 4.57. The number of non-ortho nitro benzene ring substituents is 1. The molecule has 4 rings (SSSR count). The summed E-state index contributed by atoms with van der Waals surface area (Å²) in [6.07, 6.45) is 4.24. The van der Waals surface area contributed by atoms with Gasteiger partial charge in [-0.1, -0.05) is 12.1 Å². The molecule has 10 nitrogen and oxygen atoms in total. The molecule has 0 saturated heterocycles. The predicted octanol–water partition coefficient (Wildman–Crippen LogP) is 3.51. The van der Waals surface area contributed by atoms with E-state index in [0.717, 1.165) is 29.3 Å². The van der Waals surface area contributed by atoms with Crippen LogP contribution in [-0.2, 0) is 13.5 Å². The zero-order valence-corrected chi connectivity index (χ0v) is 17.7. The van der Waals surface area contributed by atoms with Crippen LogP contribution in [0.5, 0.6) is 0 Å². The molecule has 1 amide bonds. The van der Waals surface area contributed by atoms with Crippen LogP contribution in [-0.4, -0.2) is 36.0 Å². The monoisotopic (exact) mass is 447 g/mol. The molecule has 0 bridgehead atoms. The molecule has 32 heavy (non-hydrogen) atoms. The van der Waals surface area contributed by atoms with Crippen molar-refractivity contribution in [2.75, 3.05) is 5.32 Å². The number of pyridine rings is 1. The van der Waals surface area contributed by atoms with E-state index in [1.54, 1.807) is 31.6 Å². The molecule has 11 heteroatoms. The second kappa shape index (κ2) is 9.35. The van der Waals surface area contributed by atoms with Crippen molar-refractivity contribution in [3.63, 3.8) is 0 Å². The lowest BCUT2D eigenvalue weighted by molar-refractivity contribution is -0.384. The van der Waals surface area contributed by atoms with Gasteiger partial charge >= 0.3 is 0 Å². The van der Waals surface area contributed by atoms with Crippen LogP contribution in [0, 0.1) is 10.1 Å². The Morgan fingerprint density at radius 2 is 1.81 bits per heavy atom. The number of hydrogen-bond donors (Lipinski definition) is 1. The predicted molar refractivity (Wildman–Crippen MR) is 117 cm³/mol. The number of amides is 1. The van der Waals surface area contributed by atoms with Gasteiger partial charge in [-0.15, -0.1) is 5.10 Å². The molecule has 2 heterocycles. The minimum Gasteiger partial charge on any atom is -0.322 e. The molecule has 0 aliphatic rings. The highest BCUT2D eigenvalue weighted by molar-refractivity contribution is 7.99. The Bertz CT molecular complexity index is 1260. The molecule has 0 saturated carbocycles. The minimum absolute atomic E-state index is 0.160. The number of tetrazole rings is 1. The number of aromatic nitrogens is 5. The number of aryl methyl sites for hydroxylation is 1. The Balaban J connectivity index is 1.54. The van der Waals surface area contributed by atoms with E-state index in [2.05, 4.69) is 25.8 Å². The molecule has 0 atom stereocenters. The fourth-order valence-electron chi connectivity index (χ4n) is 2.94. The lowest BCUT2D eigenvalue weighted by Crippen LogP contribution is -2.13. The van der Waals surface area contributed by atoms with Crippen LogP contribution in [0.2, 0.25) is 0 Å². The van der Waals surface area contributed by atoms with Gasteiger partial charge in [0.1, 0.15) is 0 Å². The third kappa shape index (κ3) is 4.95. The van der Waals surface area contributed by atoms with Crippen molar-refractivity contribution in [2.45, 2.75) is 16.5 Å². The molecule has 0 fully saturated rings. The summed E-state index contributed by atoms with van der Waals surface area (Å²) in [5.74, 6) is -0.465. The third-order valence-corrected chi connectivity index (χ3v) is 5.67. The Morgan fingerprint density at radius 1 is 1.09 bits per heavy atom. The van der Waals surface area contributed by atoms with Crippen LogP contribution in [0.15, 0.2) is 77.0 Å². The van der Waals surface area contributed by atoms with Crippen molar-refractivity contribution in [3.8, 4) is 0 Å². The SMILES string of the molecule is Cn1nnnc1Sc1ccc([N+](=O)[O-])cc1C(=O)Nc1ccc(Cc2ccncc2)cc1. The molecule has 2 aromatic heterocycles. The zero-order chi connectivity index (χ0) is 22.5. The molecular formula is C21H17N7O3S. The van der Waals surface area contributed by atoms with Gasteiger partial charge in [0.25, 0.3) is 11.6 Å². The van der Waals surface area contributed by atoms with E-state index in [1.807, 2.05) is 24.3 Å². The minimum atomic E-state index is -0.539. The molecule has 2 aromatic carbocycles. The fraction of sp³-hybridized carbons (Fsp3) is 0.0952. The van der Waals surface area contributed by atoms with Crippen LogP contribution in [0.4, 0.5) is 11.4 Å². The summed E-state index contributed by atoms with van der Waals surface area (Å²) < 4.78 is 1.45. The first-order valence-electron chi connectivity index (χ1n) is 9.47. The zero-order valence-electron chi connectivity index (χ0n) is 16.9. The van der Waals surface area contributed by atoms with Crippen molar-refractivity contribution in [1.29, 1.82) is 0 Å². The van der Waals surface area contributed by atoms with Crippen molar-refractivity contribution < 1.29 is 9.72 Å². The van der Waals surface area contributed by atoms with Crippen LogP contribution in [0.1, 0.15) is 21.5 Å². The molecule has 0 radical (unpaired) electrons. The van der Waals surface area contributed by atoms with E-state index in [9.17, 15) is 14.9 Å².